The highest BCUT2D eigenvalue weighted by Gasteiger charge is 2.10. The maximum Gasteiger partial charge on any atom is 0.120 e. The van der Waals surface area contributed by atoms with Crippen LogP contribution in [0.4, 0.5) is 0 Å². The topological polar surface area (TPSA) is 52.5 Å². The van der Waals surface area contributed by atoms with Crippen molar-refractivity contribution >= 4 is 27.3 Å². The zero-order valence-corrected chi connectivity index (χ0v) is 13.0. The Bertz CT molecular complexity index is 556. The van der Waals surface area contributed by atoms with E-state index >= 15 is 0 Å². The second-order valence-corrected chi connectivity index (χ2v) is 6.92. The van der Waals surface area contributed by atoms with Gasteiger partial charge in [-0.1, -0.05) is 0 Å². The molecule has 1 unspecified atom stereocenters. The molecule has 0 aliphatic heterocycles. The fourth-order valence-electron chi connectivity index (χ4n) is 1.90. The molecule has 2 rings (SSSR count). The van der Waals surface area contributed by atoms with Crippen LogP contribution in [0.1, 0.15) is 23.4 Å². The normalized spacial score (nSPS) is 12.5. The molecule has 102 valence electrons. The second-order valence-electron chi connectivity index (χ2n) is 4.37. The summed E-state index contributed by atoms with van der Waals surface area (Å²) in [6.45, 7) is 2.79. The van der Waals surface area contributed by atoms with Gasteiger partial charge in [0, 0.05) is 23.0 Å². The molecule has 1 aromatic carbocycles. The van der Waals surface area contributed by atoms with E-state index in [0.29, 0.717) is 5.56 Å². The summed E-state index contributed by atoms with van der Waals surface area (Å²) in [5.74, 6) is 0.375. The quantitative estimate of drug-likeness (QED) is 0.724. The van der Waals surface area contributed by atoms with Gasteiger partial charge in [-0.05, 0) is 59.6 Å². The van der Waals surface area contributed by atoms with Gasteiger partial charge in [0.25, 0.3) is 0 Å². The molecule has 3 nitrogen and oxygen atoms in total. The number of phenolic OH excluding ortho intramolecular Hbond substituents is 2. The fourth-order valence-corrected chi connectivity index (χ4v) is 3.38. The Labute approximate surface area is 125 Å². The minimum Gasteiger partial charge on any atom is -0.508 e. The van der Waals surface area contributed by atoms with Gasteiger partial charge in [0.2, 0.25) is 0 Å². The Balaban J connectivity index is 1.90. The van der Waals surface area contributed by atoms with E-state index in [1.165, 1.54) is 17.0 Å². The van der Waals surface area contributed by atoms with E-state index in [9.17, 15) is 10.2 Å². The summed E-state index contributed by atoms with van der Waals surface area (Å²) in [4.78, 5) is 1.31. The zero-order chi connectivity index (χ0) is 13.8. The van der Waals surface area contributed by atoms with Crippen LogP contribution in [-0.2, 0) is 6.42 Å². The molecule has 0 saturated heterocycles. The van der Waals surface area contributed by atoms with Crippen molar-refractivity contribution < 1.29 is 10.2 Å². The average Bonchev–Trinajstić information content (AvgIpc) is 2.78. The molecule has 0 aliphatic carbocycles. The van der Waals surface area contributed by atoms with Crippen LogP contribution in [0.25, 0.3) is 0 Å². The molecule has 1 heterocycles. The Morgan fingerprint density at radius 3 is 2.74 bits per heavy atom. The first-order valence-electron chi connectivity index (χ1n) is 6.05. The van der Waals surface area contributed by atoms with Crippen LogP contribution in [0.2, 0.25) is 0 Å². The minimum atomic E-state index is -0.00416. The van der Waals surface area contributed by atoms with Crippen molar-refractivity contribution in [3.05, 3.63) is 44.6 Å². The molecular formula is C14H16BrNO2S. The lowest BCUT2D eigenvalue weighted by Gasteiger charge is -2.15. The SMILES string of the molecule is CC(NCCc1ccc(Br)s1)c1cc(O)ccc1O. The van der Waals surface area contributed by atoms with Crippen molar-refractivity contribution in [3.63, 3.8) is 0 Å². The van der Waals surface area contributed by atoms with E-state index in [1.54, 1.807) is 17.4 Å². The van der Waals surface area contributed by atoms with Crippen molar-refractivity contribution in [1.82, 2.24) is 5.32 Å². The molecule has 0 spiro atoms. The Morgan fingerprint density at radius 1 is 1.26 bits per heavy atom. The van der Waals surface area contributed by atoms with Crippen LogP contribution < -0.4 is 5.32 Å². The molecule has 19 heavy (non-hydrogen) atoms. The number of thiophene rings is 1. The lowest BCUT2D eigenvalue weighted by Crippen LogP contribution is -2.21. The van der Waals surface area contributed by atoms with Gasteiger partial charge in [-0.2, -0.15) is 0 Å². The predicted molar refractivity (Wildman–Crippen MR) is 81.9 cm³/mol. The zero-order valence-electron chi connectivity index (χ0n) is 10.6. The van der Waals surface area contributed by atoms with Gasteiger partial charge < -0.3 is 15.5 Å². The summed E-state index contributed by atoms with van der Waals surface area (Å²) in [7, 11) is 0. The highest BCUT2D eigenvalue weighted by molar-refractivity contribution is 9.11. The van der Waals surface area contributed by atoms with Gasteiger partial charge >= 0.3 is 0 Å². The minimum absolute atomic E-state index is 0.00416. The van der Waals surface area contributed by atoms with Gasteiger partial charge in [-0.15, -0.1) is 11.3 Å². The molecule has 0 amide bonds. The molecule has 0 aliphatic rings. The van der Waals surface area contributed by atoms with Crippen LogP contribution in [0.15, 0.2) is 34.1 Å². The first-order chi connectivity index (χ1) is 9.06. The van der Waals surface area contributed by atoms with E-state index in [4.69, 9.17) is 0 Å². The third-order valence-electron chi connectivity index (χ3n) is 2.93. The van der Waals surface area contributed by atoms with Crippen molar-refractivity contribution in [2.75, 3.05) is 6.54 Å². The molecule has 0 saturated carbocycles. The molecule has 5 heteroatoms. The van der Waals surface area contributed by atoms with E-state index in [0.717, 1.165) is 16.8 Å². The molecule has 2 aromatic rings. The van der Waals surface area contributed by atoms with Crippen molar-refractivity contribution in [2.24, 2.45) is 0 Å². The van der Waals surface area contributed by atoms with Gasteiger partial charge in [0.05, 0.1) is 3.79 Å². The molecule has 1 aromatic heterocycles. The van der Waals surface area contributed by atoms with E-state index in [1.807, 2.05) is 13.0 Å². The van der Waals surface area contributed by atoms with E-state index in [-0.39, 0.29) is 17.5 Å². The number of hydrogen-bond donors (Lipinski definition) is 3. The number of benzene rings is 1. The number of rotatable bonds is 5. The maximum atomic E-state index is 9.77. The monoisotopic (exact) mass is 341 g/mol. The summed E-state index contributed by atoms with van der Waals surface area (Å²) in [6, 6.07) is 8.73. The summed E-state index contributed by atoms with van der Waals surface area (Å²) in [5, 5.41) is 22.6. The van der Waals surface area contributed by atoms with Gasteiger partial charge in [0.15, 0.2) is 0 Å². The summed E-state index contributed by atoms with van der Waals surface area (Å²) >= 11 is 5.17. The average molecular weight is 342 g/mol. The second kappa shape index (κ2) is 6.41. The number of nitrogens with one attached hydrogen (secondary N) is 1. The van der Waals surface area contributed by atoms with Crippen molar-refractivity contribution in [3.8, 4) is 11.5 Å². The summed E-state index contributed by atoms with van der Waals surface area (Å²) < 4.78 is 1.14. The first-order valence-corrected chi connectivity index (χ1v) is 7.66. The number of hydrogen-bond acceptors (Lipinski definition) is 4. The Morgan fingerprint density at radius 2 is 2.05 bits per heavy atom. The summed E-state index contributed by atoms with van der Waals surface area (Å²) in [5.41, 5.74) is 0.715. The number of aromatic hydroxyl groups is 2. The lowest BCUT2D eigenvalue weighted by atomic mass is 10.1. The van der Waals surface area contributed by atoms with E-state index < -0.39 is 0 Å². The third-order valence-corrected chi connectivity index (χ3v) is 4.61. The van der Waals surface area contributed by atoms with Crippen LogP contribution in [0.5, 0.6) is 11.5 Å². The van der Waals surface area contributed by atoms with Gasteiger partial charge in [-0.25, -0.2) is 0 Å². The summed E-state index contributed by atoms with van der Waals surface area (Å²) in [6.07, 6.45) is 0.945. The lowest BCUT2D eigenvalue weighted by molar-refractivity contribution is 0.441. The van der Waals surface area contributed by atoms with Crippen LogP contribution in [0.3, 0.4) is 0 Å². The van der Waals surface area contributed by atoms with Crippen molar-refractivity contribution in [2.45, 2.75) is 19.4 Å². The van der Waals surface area contributed by atoms with Gasteiger partial charge in [0.1, 0.15) is 11.5 Å². The molecule has 1 atom stereocenters. The molecule has 0 radical (unpaired) electrons. The number of halogens is 1. The molecular weight excluding hydrogens is 326 g/mol. The smallest absolute Gasteiger partial charge is 0.120 e. The van der Waals surface area contributed by atoms with Crippen molar-refractivity contribution in [1.29, 1.82) is 0 Å². The molecule has 0 fully saturated rings. The van der Waals surface area contributed by atoms with Crippen LogP contribution in [-0.4, -0.2) is 16.8 Å². The van der Waals surface area contributed by atoms with Crippen LogP contribution >= 0.6 is 27.3 Å². The fraction of sp³-hybridized carbons (Fsp3) is 0.286. The third kappa shape index (κ3) is 3.96. The predicted octanol–water partition coefficient (Wildman–Crippen LogP) is 3.82. The first kappa shape index (κ1) is 14.4. The highest BCUT2D eigenvalue weighted by Crippen LogP contribution is 2.28. The highest BCUT2D eigenvalue weighted by atomic mass is 79.9. The number of phenols is 2. The van der Waals surface area contributed by atoms with E-state index in [2.05, 4.69) is 27.3 Å². The van der Waals surface area contributed by atoms with Gasteiger partial charge in [-0.3, -0.25) is 0 Å². The molecule has 3 N–H and O–H groups in total. The standard InChI is InChI=1S/C14H16BrNO2S/c1-9(12-8-10(17)2-4-13(12)18)16-7-6-11-3-5-14(15)19-11/h2-5,8-9,16-18H,6-7H2,1H3. The maximum absolute atomic E-state index is 9.77. The molecule has 0 bridgehead atoms. The largest absolute Gasteiger partial charge is 0.508 e. The van der Waals surface area contributed by atoms with Crippen LogP contribution in [0, 0.1) is 0 Å². The Kier molecular flexibility index (Phi) is 4.85. The Hall–Kier alpha value is -1.04.